The predicted molar refractivity (Wildman–Crippen MR) is 255 cm³/mol. The quantitative estimate of drug-likeness (QED) is 0.153. The second kappa shape index (κ2) is 15.5. The van der Waals surface area contributed by atoms with E-state index in [1.165, 1.54) is 44.2 Å². The highest BCUT2D eigenvalue weighted by Gasteiger charge is 2.29. The van der Waals surface area contributed by atoms with Crippen molar-refractivity contribution in [3.63, 3.8) is 0 Å². The van der Waals surface area contributed by atoms with Crippen LogP contribution in [0.3, 0.4) is 0 Å². The zero-order valence-corrected chi connectivity index (χ0v) is 33.1. The summed E-state index contributed by atoms with van der Waals surface area (Å²) < 4.78 is 2.44. The summed E-state index contributed by atoms with van der Waals surface area (Å²) in [5, 5.41) is 4.83. The smallest absolute Gasteiger partial charge is 0.162 e. The van der Waals surface area contributed by atoms with E-state index in [1.807, 2.05) is 13.1 Å². The summed E-state index contributed by atoms with van der Waals surface area (Å²) in [6.45, 7) is 4.08. The lowest BCUT2D eigenvalue weighted by molar-refractivity contribution is 0.790. The summed E-state index contributed by atoms with van der Waals surface area (Å²) >= 11 is 0. The van der Waals surface area contributed by atoms with Gasteiger partial charge in [0.05, 0.1) is 11.2 Å². The Morgan fingerprint density at radius 3 is 1.91 bits per heavy atom. The first kappa shape index (κ1) is 36.7. The van der Waals surface area contributed by atoms with E-state index in [0.29, 0.717) is 11.7 Å². The highest BCUT2D eigenvalue weighted by molar-refractivity contribution is 6.68. The van der Waals surface area contributed by atoms with Crippen LogP contribution in [0.25, 0.3) is 33.3 Å². The summed E-state index contributed by atoms with van der Waals surface area (Å²) in [5.41, 5.74) is 19.2. The molecule has 0 saturated carbocycles. The van der Waals surface area contributed by atoms with Crippen molar-refractivity contribution in [3.8, 4) is 16.8 Å². The molecule has 0 atom stereocenters. The molecule has 6 aromatic carbocycles. The van der Waals surface area contributed by atoms with E-state index in [9.17, 15) is 0 Å². The zero-order valence-electron chi connectivity index (χ0n) is 33.1. The Bertz CT molecular complexity index is 2720. The van der Waals surface area contributed by atoms with Crippen LogP contribution in [-0.2, 0) is 6.42 Å². The van der Waals surface area contributed by atoms with Gasteiger partial charge in [-0.15, -0.1) is 16.4 Å². The maximum atomic E-state index is 5.58. The van der Waals surface area contributed by atoms with Gasteiger partial charge in [0.25, 0.3) is 0 Å². The molecule has 8 rings (SSSR count). The molecule has 0 unspecified atom stereocenters. The summed E-state index contributed by atoms with van der Waals surface area (Å²) in [6.07, 6.45) is 1.78. The molecule has 1 N–H and O–H groups in total. The van der Waals surface area contributed by atoms with Crippen molar-refractivity contribution in [1.29, 1.82) is 0 Å². The van der Waals surface area contributed by atoms with Gasteiger partial charge in [-0.25, -0.2) is 15.0 Å². The van der Waals surface area contributed by atoms with Crippen molar-refractivity contribution < 1.29 is 0 Å². The van der Waals surface area contributed by atoms with Crippen molar-refractivity contribution in [3.05, 3.63) is 167 Å². The molecule has 7 aromatic rings. The van der Waals surface area contributed by atoms with Gasteiger partial charge in [-0.2, -0.15) is 0 Å². The van der Waals surface area contributed by atoms with Gasteiger partial charge in [0, 0.05) is 57.3 Å². The Morgan fingerprint density at radius 2 is 1.21 bits per heavy atom. The normalized spacial score (nSPS) is 13.2. The first-order valence-corrected chi connectivity index (χ1v) is 19.4. The molecule has 266 valence electrons. The van der Waals surface area contributed by atoms with Gasteiger partial charge in [-0.1, -0.05) is 120 Å². The molecule has 1 aromatic heterocycles. The lowest BCUT2D eigenvalue weighted by atomic mass is 9.60. The van der Waals surface area contributed by atoms with Crippen LogP contribution in [-0.4, -0.2) is 69.2 Å². The van der Waals surface area contributed by atoms with Gasteiger partial charge >= 0.3 is 0 Å². The van der Waals surface area contributed by atoms with E-state index >= 15 is 0 Å². The standard InChI is InChI=1S/C46H42B5N5/c1-52-34-25-26-36-38(32-22-12-14-24-35(32)56(36)28-17-7-4-8-18-28)37(34)31-21-11-13-23-33(31)54-45(30-20-10-9-19-29(30)27-15-5-3-6-16-27)55-46(53-2)39-40(47)42(49)44(51)43(50)41(39)48/h3-24,52H,2,25-26,47-51H2,1H3/b54-45-,55-46-. The molecule has 1 heterocycles. The van der Waals surface area contributed by atoms with Gasteiger partial charge in [-0.05, 0) is 55.0 Å². The molecule has 0 bridgehead atoms. The monoisotopic (exact) mass is 719 g/mol. The fourth-order valence-corrected chi connectivity index (χ4v) is 8.44. The lowest BCUT2D eigenvalue weighted by Crippen LogP contribution is -2.57. The Hall–Kier alpha value is -6.27. The van der Waals surface area contributed by atoms with E-state index in [2.05, 4.69) is 188 Å². The van der Waals surface area contributed by atoms with E-state index in [0.717, 1.165) is 68.5 Å². The van der Waals surface area contributed by atoms with Crippen LogP contribution in [0, 0.1) is 0 Å². The first-order chi connectivity index (χ1) is 27.3. The third kappa shape index (κ3) is 6.39. The molecule has 0 spiro atoms. The molecule has 56 heavy (non-hydrogen) atoms. The third-order valence-electron chi connectivity index (χ3n) is 11.7. The highest BCUT2D eigenvalue weighted by atomic mass is 15.0. The van der Waals surface area contributed by atoms with Gasteiger partial charge in [-0.3, -0.25) is 0 Å². The maximum absolute atomic E-state index is 5.58. The second-order valence-electron chi connectivity index (χ2n) is 14.6. The molecular weight excluding hydrogens is 677 g/mol. The number of rotatable bonds is 7. The molecule has 0 amide bonds. The average Bonchev–Trinajstić information content (AvgIpc) is 3.59. The molecule has 10 heteroatoms. The van der Waals surface area contributed by atoms with Crippen molar-refractivity contribution in [2.45, 2.75) is 12.8 Å². The number of aromatic nitrogens is 1. The van der Waals surface area contributed by atoms with Crippen LogP contribution in [0.15, 0.2) is 154 Å². The SMILES string of the molecule is Bc1c(B)c(B)c(/C(N=C)=N/C(=N\c2ccccc2C2=C(NC)CCc3c2c2ccccc2n3-c2ccccc2)c2ccccc2-c2ccccc2)c(B)c1B. The van der Waals surface area contributed by atoms with Crippen LogP contribution in [0.4, 0.5) is 5.69 Å². The van der Waals surface area contributed by atoms with Gasteiger partial charge < -0.3 is 9.88 Å². The van der Waals surface area contributed by atoms with E-state index < -0.39 is 0 Å². The maximum Gasteiger partial charge on any atom is 0.162 e. The lowest BCUT2D eigenvalue weighted by Gasteiger charge is -2.24. The zero-order chi connectivity index (χ0) is 38.9. The number of benzene rings is 6. The molecule has 0 radical (unpaired) electrons. The van der Waals surface area contributed by atoms with Gasteiger partial charge in [0.2, 0.25) is 0 Å². The molecule has 5 nitrogen and oxygen atoms in total. The van der Waals surface area contributed by atoms with E-state index in [-0.39, 0.29) is 0 Å². The number of nitrogens with zero attached hydrogens (tertiary/aromatic N) is 4. The van der Waals surface area contributed by atoms with Crippen molar-refractivity contribution in [2.24, 2.45) is 15.0 Å². The number of hydrogen-bond donors (Lipinski definition) is 1. The number of hydrogen-bond acceptors (Lipinski definition) is 2. The van der Waals surface area contributed by atoms with Crippen LogP contribution >= 0.6 is 0 Å². The molecule has 0 saturated heterocycles. The Kier molecular flexibility index (Phi) is 10.1. The fraction of sp³-hybridized carbons (Fsp3) is 0.0652. The highest BCUT2D eigenvalue weighted by Crippen LogP contribution is 2.45. The van der Waals surface area contributed by atoms with E-state index in [4.69, 9.17) is 9.98 Å². The van der Waals surface area contributed by atoms with Gasteiger partial charge in [0.1, 0.15) is 39.2 Å². The number of amidine groups is 2. The van der Waals surface area contributed by atoms with Crippen molar-refractivity contribution in [2.75, 3.05) is 7.05 Å². The molecule has 1 aliphatic rings. The van der Waals surface area contributed by atoms with Crippen LogP contribution < -0.4 is 32.6 Å². The number of fused-ring (bicyclic) bond motifs is 3. The molecular formula is C46H42B5N5. The Labute approximate surface area is 334 Å². The van der Waals surface area contributed by atoms with Crippen molar-refractivity contribution >= 4 is 107 Å². The Morgan fingerprint density at radius 1 is 0.625 bits per heavy atom. The molecule has 1 aliphatic carbocycles. The minimum atomic E-state index is 0.561. The Balaban J connectivity index is 1.41. The number of aliphatic imine (C=N–C) groups is 3. The largest absolute Gasteiger partial charge is 0.391 e. The van der Waals surface area contributed by atoms with Crippen molar-refractivity contribution in [1.82, 2.24) is 9.88 Å². The topological polar surface area (TPSA) is 54.0 Å². The van der Waals surface area contributed by atoms with E-state index in [1.54, 1.807) is 0 Å². The fourth-order valence-electron chi connectivity index (χ4n) is 8.44. The molecule has 0 aliphatic heterocycles. The summed E-state index contributed by atoms with van der Waals surface area (Å²) in [6, 6.07) is 46.8. The van der Waals surface area contributed by atoms with Crippen LogP contribution in [0.1, 0.15) is 34.4 Å². The number of nitrogens with one attached hydrogen (secondary N) is 1. The number of allylic oxidation sites excluding steroid dienone is 1. The summed E-state index contributed by atoms with van der Waals surface area (Å²) in [4.78, 5) is 15.6. The third-order valence-corrected chi connectivity index (χ3v) is 11.7. The van der Waals surface area contributed by atoms with Crippen LogP contribution in [0.2, 0.25) is 0 Å². The van der Waals surface area contributed by atoms with Gasteiger partial charge in [0.15, 0.2) is 11.7 Å². The average molecular weight is 719 g/mol. The second-order valence-corrected chi connectivity index (χ2v) is 14.6. The molecule has 0 fully saturated rings. The minimum Gasteiger partial charge on any atom is -0.391 e. The first-order valence-electron chi connectivity index (χ1n) is 19.4. The summed E-state index contributed by atoms with van der Waals surface area (Å²) in [7, 11) is 12.9. The predicted octanol–water partition coefficient (Wildman–Crippen LogP) is 1.74. The summed E-state index contributed by atoms with van der Waals surface area (Å²) in [5.74, 6) is 1.13. The number of para-hydroxylation sites is 3. The minimum absolute atomic E-state index is 0.561. The van der Waals surface area contributed by atoms with Crippen LogP contribution in [0.5, 0.6) is 0 Å².